The van der Waals surface area contributed by atoms with Gasteiger partial charge in [-0.3, -0.25) is 4.68 Å². The molecule has 2 unspecified atom stereocenters. The summed E-state index contributed by atoms with van der Waals surface area (Å²) in [5.41, 5.74) is 0.812. The Morgan fingerprint density at radius 3 is 2.71 bits per heavy atom. The average molecular weight is 305 g/mol. The number of hydrogen-bond acceptors (Lipinski definition) is 3. The van der Waals surface area contributed by atoms with Crippen LogP contribution in [-0.4, -0.2) is 27.6 Å². The van der Waals surface area contributed by atoms with Crippen LogP contribution in [0.4, 0.5) is 0 Å². The van der Waals surface area contributed by atoms with E-state index >= 15 is 0 Å². The largest absolute Gasteiger partial charge is 0.384 e. The van der Waals surface area contributed by atoms with Crippen molar-refractivity contribution in [3.8, 4) is 0 Å². The molecule has 1 heterocycles. The van der Waals surface area contributed by atoms with Gasteiger partial charge in [-0.2, -0.15) is 5.10 Å². The Kier molecular flexibility index (Phi) is 6.16. The van der Waals surface area contributed by atoms with Crippen LogP contribution in [0.3, 0.4) is 0 Å². The minimum Gasteiger partial charge on any atom is -0.384 e. The summed E-state index contributed by atoms with van der Waals surface area (Å²) in [5, 5.41) is 14.6. The number of aromatic nitrogens is 2. The molecule has 98 valence electrons. The fourth-order valence-electron chi connectivity index (χ4n) is 1.88. The second kappa shape index (κ2) is 7.13. The Morgan fingerprint density at radius 1 is 1.47 bits per heavy atom. The normalized spacial score (nSPS) is 14.9. The minimum atomic E-state index is -0.636. The van der Waals surface area contributed by atoms with Crippen LogP contribution in [0.2, 0.25) is 0 Å². The van der Waals surface area contributed by atoms with E-state index in [-0.39, 0.29) is 6.10 Å². The average Bonchev–Trinajstić information content (AvgIpc) is 2.67. The van der Waals surface area contributed by atoms with Gasteiger partial charge in [-0.25, -0.2) is 0 Å². The van der Waals surface area contributed by atoms with Gasteiger partial charge in [0.15, 0.2) is 0 Å². The van der Waals surface area contributed by atoms with Gasteiger partial charge in [0.2, 0.25) is 0 Å². The number of ether oxygens (including phenoxy) is 1. The van der Waals surface area contributed by atoms with Crippen LogP contribution >= 0.6 is 15.9 Å². The van der Waals surface area contributed by atoms with E-state index in [0.29, 0.717) is 6.61 Å². The molecule has 1 N–H and O–H groups in total. The van der Waals surface area contributed by atoms with E-state index in [2.05, 4.69) is 28.0 Å². The lowest BCUT2D eigenvalue weighted by atomic mass is 10.1. The van der Waals surface area contributed by atoms with E-state index < -0.39 is 6.10 Å². The first-order valence-electron chi connectivity index (χ1n) is 6.16. The van der Waals surface area contributed by atoms with Crippen LogP contribution < -0.4 is 0 Å². The number of aliphatic hydroxyl groups excluding tert-OH is 1. The number of halogens is 1. The maximum atomic E-state index is 10.4. The third-order valence-corrected chi connectivity index (χ3v) is 3.30. The molecule has 0 saturated heterocycles. The van der Waals surface area contributed by atoms with Crippen molar-refractivity contribution in [2.75, 3.05) is 6.61 Å². The molecule has 0 spiro atoms. The monoisotopic (exact) mass is 304 g/mol. The molecule has 1 aromatic heterocycles. The van der Waals surface area contributed by atoms with Crippen molar-refractivity contribution in [3.63, 3.8) is 0 Å². The van der Waals surface area contributed by atoms with Crippen LogP contribution in [0.1, 0.15) is 45.4 Å². The Balaban J connectivity index is 2.92. The zero-order valence-corrected chi connectivity index (χ0v) is 12.3. The van der Waals surface area contributed by atoms with Crippen molar-refractivity contribution < 1.29 is 9.84 Å². The highest BCUT2D eigenvalue weighted by atomic mass is 79.9. The van der Waals surface area contributed by atoms with Gasteiger partial charge in [0, 0.05) is 13.2 Å². The molecular weight excluding hydrogens is 284 g/mol. The molecular formula is C12H21BrN2O2. The summed E-state index contributed by atoms with van der Waals surface area (Å²) in [4.78, 5) is 0. The van der Waals surface area contributed by atoms with Gasteiger partial charge in [0.1, 0.15) is 6.10 Å². The predicted octanol–water partition coefficient (Wildman–Crippen LogP) is 2.90. The van der Waals surface area contributed by atoms with Gasteiger partial charge < -0.3 is 9.84 Å². The Hall–Kier alpha value is -0.390. The smallest absolute Gasteiger partial charge is 0.123 e. The highest BCUT2D eigenvalue weighted by Gasteiger charge is 2.25. The van der Waals surface area contributed by atoms with Crippen molar-refractivity contribution in [3.05, 3.63) is 16.4 Å². The Labute approximate surface area is 111 Å². The van der Waals surface area contributed by atoms with Crippen molar-refractivity contribution in [1.29, 1.82) is 0 Å². The van der Waals surface area contributed by atoms with E-state index in [1.165, 1.54) is 0 Å². The first kappa shape index (κ1) is 14.7. The SMILES string of the molecule is CCCn1ncc(Br)c1C(O)C(CC)OCC. The molecule has 0 aliphatic carbocycles. The number of rotatable bonds is 7. The molecule has 0 aromatic carbocycles. The summed E-state index contributed by atoms with van der Waals surface area (Å²) < 4.78 is 8.24. The van der Waals surface area contributed by atoms with E-state index in [0.717, 1.165) is 29.6 Å². The van der Waals surface area contributed by atoms with Crippen LogP contribution in [0.5, 0.6) is 0 Å². The van der Waals surface area contributed by atoms with E-state index in [9.17, 15) is 5.11 Å². The van der Waals surface area contributed by atoms with Crippen LogP contribution in [0.25, 0.3) is 0 Å². The minimum absolute atomic E-state index is 0.177. The topological polar surface area (TPSA) is 47.3 Å². The third kappa shape index (κ3) is 3.53. The molecule has 0 saturated carbocycles. The molecule has 0 fully saturated rings. The third-order valence-electron chi connectivity index (χ3n) is 2.68. The molecule has 17 heavy (non-hydrogen) atoms. The molecule has 1 aromatic rings. The summed E-state index contributed by atoms with van der Waals surface area (Å²) >= 11 is 3.44. The summed E-state index contributed by atoms with van der Waals surface area (Å²) in [6.07, 6.45) is 2.68. The van der Waals surface area contributed by atoms with Gasteiger partial charge in [-0.1, -0.05) is 13.8 Å². The zero-order valence-electron chi connectivity index (χ0n) is 10.7. The van der Waals surface area contributed by atoms with Gasteiger partial charge in [-0.15, -0.1) is 0 Å². The highest BCUT2D eigenvalue weighted by molar-refractivity contribution is 9.10. The quantitative estimate of drug-likeness (QED) is 0.842. The molecule has 1 rings (SSSR count). The van der Waals surface area contributed by atoms with Crippen molar-refractivity contribution in [1.82, 2.24) is 9.78 Å². The summed E-state index contributed by atoms with van der Waals surface area (Å²) in [6.45, 7) is 7.45. The Bertz CT molecular complexity index is 341. The second-order valence-corrected chi connectivity index (χ2v) is 4.80. The fraction of sp³-hybridized carbons (Fsp3) is 0.750. The van der Waals surface area contributed by atoms with E-state index in [1.807, 2.05) is 18.5 Å². The van der Waals surface area contributed by atoms with Gasteiger partial charge in [0.25, 0.3) is 0 Å². The highest BCUT2D eigenvalue weighted by Crippen LogP contribution is 2.28. The van der Waals surface area contributed by atoms with Crippen molar-refractivity contribution in [2.24, 2.45) is 0 Å². The zero-order chi connectivity index (χ0) is 12.8. The molecule has 0 aliphatic rings. The lowest BCUT2D eigenvalue weighted by Crippen LogP contribution is -2.24. The second-order valence-electron chi connectivity index (χ2n) is 3.95. The summed E-state index contributed by atoms with van der Waals surface area (Å²) in [7, 11) is 0. The van der Waals surface area contributed by atoms with E-state index in [1.54, 1.807) is 6.20 Å². The summed E-state index contributed by atoms with van der Waals surface area (Å²) in [5.74, 6) is 0. The van der Waals surface area contributed by atoms with Crippen molar-refractivity contribution in [2.45, 2.75) is 52.4 Å². The molecule has 4 nitrogen and oxygen atoms in total. The molecule has 5 heteroatoms. The lowest BCUT2D eigenvalue weighted by molar-refractivity contribution is -0.0394. The van der Waals surface area contributed by atoms with Crippen LogP contribution in [0.15, 0.2) is 10.7 Å². The molecule has 2 atom stereocenters. The number of nitrogens with zero attached hydrogens (tertiary/aromatic N) is 2. The first-order chi connectivity index (χ1) is 8.15. The molecule has 0 amide bonds. The maximum absolute atomic E-state index is 10.4. The molecule has 0 bridgehead atoms. The van der Waals surface area contributed by atoms with Gasteiger partial charge in [0.05, 0.1) is 22.5 Å². The number of hydrogen-bond donors (Lipinski definition) is 1. The van der Waals surface area contributed by atoms with E-state index in [4.69, 9.17) is 4.74 Å². The van der Waals surface area contributed by atoms with Crippen LogP contribution in [-0.2, 0) is 11.3 Å². The standard InChI is InChI=1S/C12H21BrN2O2/c1-4-7-15-11(9(13)8-14-15)12(16)10(5-2)17-6-3/h8,10,12,16H,4-7H2,1-3H3. The lowest BCUT2D eigenvalue weighted by Gasteiger charge is -2.22. The number of aryl methyl sites for hydroxylation is 1. The summed E-state index contributed by atoms with van der Waals surface area (Å²) in [6, 6.07) is 0. The predicted molar refractivity (Wildman–Crippen MR) is 70.9 cm³/mol. The van der Waals surface area contributed by atoms with Gasteiger partial charge >= 0.3 is 0 Å². The first-order valence-corrected chi connectivity index (χ1v) is 6.95. The molecule has 0 aliphatic heterocycles. The molecule has 0 radical (unpaired) electrons. The fourth-order valence-corrected chi connectivity index (χ4v) is 2.41. The number of aliphatic hydroxyl groups is 1. The Morgan fingerprint density at radius 2 is 2.18 bits per heavy atom. The van der Waals surface area contributed by atoms with Crippen molar-refractivity contribution >= 4 is 15.9 Å². The van der Waals surface area contributed by atoms with Crippen LogP contribution in [0, 0.1) is 0 Å². The maximum Gasteiger partial charge on any atom is 0.123 e. The van der Waals surface area contributed by atoms with Gasteiger partial charge in [-0.05, 0) is 35.7 Å².